The van der Waals surface area contributed by atoms with Crippen LogP contribution in [0.2, 0.25) is 0 Å². The number of hydrogen-bond acceptors (Lipinski definition) is 6. The molecule has 4 fully saturated rings. The van der Waals surface area contributed by atoms with Crippen molar-refractivity contribution in [3.05, 3.63) is 34.9 Å². The Labute approximate surface area is 155 Å². The minimum absolute atomic E-state index is 0.122. The highest BCUT2D eigenvalue weighted by atomic mass is 16.2. The molecule has 2 bridgehead atoms. The van der Waals surface area contributed by atoms with Crippen LogP contribution >= 0.6 is 0 Å². The lowest BCUT2D eigenvalue weighted by Crippen LogP contribution is -2.54. The van der Waals surface area contributed by atoms with E-state index < -0.39 is 23.8 Å². The fraction of sp³-hybridized carbons (Fsp3) is 0.474. The third-order valence-corrected chi connectivity index (χ3v) is 6.19. The van der Waals surface area contributed by atoms with E-state index in [1.54, 1.807) is 12.1 Å². The van der Waals surface area contributed by atoms with Gasteiger partial charge in [-0.1, -0.05) is 6.07 Å². The molecule has 1 aromatic rings. The van der Waals surface area contributed by atoms with Crippen LogP contribution in [-0.4, -0.2) is 53.2 Å². The van der Waals surface area contributed by atoms with Crippen LogP contribution in [0, 0.1) is 5.92 Å². The van der Waals surface area contributed by atoms with E-state index in [-0.39, 0.29) is 18.7 Å². The van der Waals surface area contributed by atoms with Gasteiger partial charge in [-0.25, -0.2) is 0 Å². The first-order valence-electron chi connectivity index (χ1n) is 9.34. The van der Waals surface area contributed by atoms with Gasteiger partial charge >= 0.3 is 0 Å². The van der Waals surface area contributed by atoms with Crippen LogP contribution in [0.15, 0.2) is 18.2 Å². The standard InChI is InChI=1S/C19H20N4O4/c24-15-4-3-14(17(25)22-15)23-18(26)11-2-1-9(5-12(11)19(23)27)7-21-16-10-6-13(16)20-8-10/h1-2,5,10,13-14,16,20-21H,3-4,6-8H2,(H,22,24,25)/t10-,13-,14?,16+/m1/s1. The maximum Gasteiger partial charge on any atom is 0.262 e. The SMILES string of the molecule is O=C1CCC(N2C(=O)c3ccc(CN[C@H]4[C@H]5CN[C@@H]4C5)cc3C2=O)C(=O)N1. The minimum atomic E-state index is -0.923. The summed E-state index contributed by atoms with van der Waals surface area (Å²) in [6.07, 6.45) is 1.51. The fourth-order valence-electron chi connectivity index (χ4n) is 4.65. The number of rotatable bonds is 4. The first-order valence-corrected chi connectivity index (χ1v) is 9.34. The number of imide groups is 2. The number of nitrogens with zero attached hydrogens (tertiary/aromatic N) is 1. The van der Waals surface area contributed by atoms with Gasteiger partial charge in [0.2, 0.25) is 11.8 Å². The summed E-state index contributed by atoms with van der Waals surface area (Å²) >= 11 is 0. The molecule has 140 valence electrons. The summed E-state index contributed by atoms with van der Waals surface area (Å²) in [5, 5.41) is 9.19. The number of fused-ring (bicyclic) bond motifs is 2. The Morgan fingerprint density at radius 3 is 2.63 bits per heavy atom. The molecule has 4 atom stereocenters. The molecule has 1 aliphatic carbocycles. The average molecular weight is 368 g/mol. The van der Waals surface area contributed by atoms with Gasteiger partial charge in [0.05, 0.1) is 11.1 Å². The minimum Gasteiger partial charge on any atom is -0.312 e. The van der Waals surface area contributed by atoms with E-state index in [2.05, 4.69) is 16.0 Å². The van der Waals surface area contributed by atoms with Gasteiger partial charge in [0, 0.05) is 25.0 Å². The molecule has 8 heteroatoms. The van der Waals surface area contributed by atoms with Crippen molar-refractivity contribution in [1.82, 2.24) is 20.9 Å². The number of piperidine rings is 1. The Balaban J connectivity index is 1.33. The molecule has 4 aliphatic heterocycles. The van der Waals surface area contributed by atoms with Crippen LogP contribution in [0.25, 0.3) is 0 Å². The second-order valence-corrected chi connectivity index (χ2v) is 7.74. The van der Waals surface area contributed by atoms with Crippen LogP contribution in [0.5, 0.6) is 0 Å². The number of hydrogen-bond donors (Lipinski definition) is 3. The van der Waals surface area contributed by atoms with Crippen molar-refractivity contribution in [3.8, 4) is 0 Å². The van der Waals surface area contributed by atoms with Crippen molar-refractivity contribution in [2.75, 3.05) is 6.54 Å². The van der Waals surface area contributed by atoms with Crippen molar-refractivity contribution < 1.29 is 19.2 Å². The van der Waals surface area contributed by atoms with E-state index in [1.807, 2.05) is 6.07 Å². The van der Waals surface area contributed by atoms with E-state index >= 15 is 0 Å². The van der Waals surface area contributed by atoms with Gasteiger partial charge in [0.15, 0.2) is 0 Å². The van der Waals surface area contributed by atoms with Crippen molar-refractivity contribution in [2.24, 2.45) is 5.92 Å². The second kappa shape index (κ2) is 5.97. The Bertz CT molecular complexity index is 868. The molecule has 4 amide bonds. The van der Waals surface area contributed by atoms with Gasteiger partial charge in [0.25, 0.3) is 11.8 Å². The van der Waals surface area contributed by atoms with Crippen LogP contribution in [0.4, 0.5) is 0 Å². The zero-order valence-electron chi connectivity index (χ0n) is 14.7. The smallest absolute Gasteiger partial charge is 0.262 e. The molecule has 1 aromatic carbocycles. The Hall–Kier alpha value is -2.58. The van der Waals surface area contributed by atoms with Crippen LogP contribution in [0.1, 0.15) is 45.5 Å². The summed E-state index contributed by atoms with van der Waals surface area (Å²) < 4.78 is 0. The predicted molar refractivity (Wildman–Crippen MR) is 93.6 cm³/mol. The molecule has 0 aromatic heterocycles. The summed E-state index contributed by atoms with van der Waals surface area (Å²) in [4.78, 5) is 49.9. The number of amides is 4. The highest BCUT2D eigenvalue weighted by Gasteiger charge is 2.46. The van der Waals surface area contributed by atoms with E-state index in [4.69, 9.17) is 0 Å². The highest BCUT2D eigenvalue weighted by Crippen LogP contribution is 2.34. The average Bonchev–Trinajstić information content (AvgIpc) is 3.32. The highest BCUT2D eigenvalue weighted by molar-refractivity contribution is 6.23. The van der Waals surface area contributed by atoms with Crippen molar-refractivity contribution in [3.63, 3.8) is 0 Å². The summed E-state index contributed by atoms with van der Waals surface area (Å²) in [5.41, 5.74) is 1.59. The number of carbonyl (C=O) groups excluding carboxylic acids is 4. The van der Waals surface area contributed by atoms with Crippen LogP contribution in [-0.2, 0) is 16.1 Å². The molecule has 6 rings (SSSR count). The fourth-order valence-corrected chi connectivity index (χ4v) is 4.65. The maximum atomic E-state index is 12.8. The molecule has 5 aliphatic rings. The lowest BCUT2D eigenvalue weighted by Gasteiger charge is -2.35. The third-order valence-electron chi connectivity index (χ3n) is 6.19. The number of carbonyl (C=O) groups is 4. The normalized spacial score (nSPS) is 31.8. The van der Waals surface area contributed by atoms with Gasteiger partial charge < -0.3 is 10.6 Å². The molecule has 1 unspecified atom stereocenters. The maximum absolute atomic E-state index is 12.8. The van der Waals surface area contributed by atoms with Gasteiger partial charge in [-0.15, -0.1) is 0 Å². The van der Waals surface area contributed by atoms with Gasteiger partial charge in [-0.2, -0.15) is 0 Å². The van der Waals surface area contributed by atoms with Crippen LogP contribution < -0.4 is 16.0 Å². The lowest BCUT2D eigenvalue weighted by atomic mass is 9.80. The summed E-state index contributed by atoms with van der Waals surface area (Å²) in [6, 6.07) is 5.33. The van der Waals surface area contributed by atoms with Gasteiger partial charge in [-0.3, -0.25) is 29.4 Å². The molecular formula is C19H20N4O4. The van der Waals surface area contributed by atoms with E-state index in [9.17, 15) is 19.2 Å². The lowest BCUT2D eigenvalue weighted by molar-refractivity contribution is -0.136. The first kappa shape index (κ1) is 16.6. The molecule has 4 heterocycles. The predicted octanol–water partition coefficient (Wildman–Crippen LogP) is -0.462. The Morgan fingerprint density at radius 2 is 1.93 bits per heavy atom. The third kappa shape index (κ3) is 2.51. The molecular weight excluding hydrogens is 348 g/mol. The summed E-state index contributed by atoms with van der Waals surface area (Å²) in [7, 11) is 0. The van der Waals surface area contributed by atoms with E-state index in [1.165, 1.54) is 6.42 Å². The second-order valence-electron chi connectivity index (χ2n) is 7.74. The molecule has 3 saturated heterocycles. The molecule has 1 saturated carbocycles. The first-order chi connectivity index (χ1) is 13.0. The van der Waals surface area contributed by atoms with E-state index in [0.29, 0.717) is 35.7 Å². The molecule has 0 spiro atoms. The molecule has 8 nitrogen and oxygen atoms in total. The number of benzene rings is 1. The molecule has 27 heavy (non-hydrogen) atoms. The van der Waals surface area contributed by atoms with E-state index in [0.717, 1.165) is 17.0 Å². The zero-order valence-corrected chi connectivity index (χ0v) is 14.7. The summed E-state index contributed by atoms with van der Waals surface area (Å²) in [6.45, 7) is 1.69. The van der Waals surface area contributed by atoms with Gasteiger partial charge in [-0.05, 0) is 43.0 Å². The number of nitrogens with one attached hydrogen (secondary N) is 3. The molecule has 3 N–H and O–H groups in total. The largest absolute Gasteiger partial charge is 0.312 e. The van der Waals surface area contributed by atoms with Crippen molar-refractivity contribution in [2.45, 2.75) is 43.9 Å². The summed E-state index contributed by atoms with van der Waals surface area (Å²) in [5.74, 6) is -1.21. The Kier molecular flexibility index (Phi) is 3.66. The van der Waals surface area contributed by atoms with Gasteiger partial charge in [0.1, 0.15) is 6.04 Å². The Morgan fingerprint density at radius 1 is 1.11 bits per heavy atom. The topological polar surface area (TPSA) is 108 Å². The van der Waals surface area contributed by atoms with Crippen LogP contribution in [0.3, 0.4) is 0 Å². The van der Waals surface area contributed by atoms with Crippen molar-refractivity contribution in [1.29, 1.82) is 0 Å². The monoisotopic (exact) mass is 368 g/mol. The quantitative estimate of drug-likeness (QED) is 0.621. The molecule has 0 radical (unpaired) electrons. The van der Waals surface area contributed by atoms with Crippen molar-refractivity contribution >= 4 is 23.6 Å². The zero-order chi connectivity index (χ0) is 18.7.